The van der Waals surface area contributed by atoms with E-state index in [1.807, 2.05) is 48.5 Å². The van der Waals surface area contributed by atoms with Gasteiger partial charge in [-0.15, -0.1) is 0 Å². The number of hydrogen-bond acceptors (Lipinski definition) is 6. The molecule has 0 atom stereocenters. The minimum atomic E-state index is -0.195. The maximum Gasteiger partial charge on any atom is 0.263 e. The number of benzene rings is 2. The lowest BCUT2D eigenvalue weighted by molar-refractivity contribution is -0.115. The van der Waals surface area contributed by atoms with Gasteiger partial charge >= 0.3 is 0 Å². The van der Waals surface area contributed by atoms with Gasteiger partial charge in [0.25, 0.3) is 5.91 Å². The first kappa shape index (κ1) is 19.9. The van der Waals surface area contributed by atoms with Gasteiger partial charge < -0.3 is 14.8 Å². The van der Waals surface area contributed by atoms with Crippen LogP contribution < -0.4 is 14.8 Å². The van der Waals surface area contributed by atoms with Crippen molar-refractivity contribution in [3.8, 4) is 11.5 Å². The van der Waals surface area contributed by atoms with E-state index in [2.05, 4.69) is 26.2 Å². The van der Waals surface area contributed by atoms with Gasteiger partial charge in [0.05, 0.1) is 10.4 Å². The lowest BCUT2D eigenvalue weighted by Crippen LogP contribution is -2.17. The van der Waals surface area contributed by atoms with Gasteiger partial charge in [-0.05, 0) is 42.5 Å². The van der Waals surface area contributed by atoms with Crippen molar-refractivity contribution >= 4 is 67.1 Å². The highest BCUT2D eigenvalue weighted by molar-refractivity contribution is 9.10. The highest BCUT2D eigenvalue weighted by Gasteiger charge is 2.22. The molecular weight excluding hydrogens is 472 g/mol. The molecule has 2 aromatic carbocycles. The zero-order chi connectivity index (χ0) is 20.2. The highest BCUT2D eigenvalue weighted by Crippen LogP contribution is 2.31. The third kappa shape index (κ3) is 4.95. The van der Waals surface area contributed by atoms with Crippen LogP contribution in [0.2, 0.25) is 0 Å². The molecule has 1 aliphatic heterocycles. The number of amides is 1. The van der Waals surface area contributed by atoms with Crippen LogP contribution in [-0.2, 0) is 4.79 Å². The first-order chi connectivity index (χ1) is 14.1. The van der Waals surface area contributed by atoms with E-state index in [1.165, 1.54) is 11.8 Å². The molecule has 0 unspecified atom stereocenters. The molecule has 5 nitrogen and oxygen atoms in total. The molecule has 1 fully saturated rings. The number of halogens is 1. The molecule has 1 aromatic heterocycles. The summed E-state index contributed by atoms with van der Waals surface area (Å²) in [6, 6.07) is 15.4. The lowest BCUT2D eigenvalue weighted by atomic mass is 10.2. The number of nitrogens with one attached hydrogen (secondary N) is 1. The normalized spacial score (nSPS) is 15.0. The van der Waals surface area contributed by atoms with Crippen LogP contribution in [0.4, 0.5) is 0 Å². The fraction of sp³-hybridized carbons (Fsp3) is 0.0952. The maximum absolute atomic E-state index is 11.9. The molecule has 1 saturated heterocycles. The highest BCUT2D eigenvalue weighted by atomic mass is 79.9. The Bertz CT molecular complexity index is 1130. The minimum absolute atomic E-state index is 0.195. The summed E-state index contributed by atoms with van der Waals surface area (Å²) >= 11 is 9.73. The fourth-order valence-corrected chi connectivity index (χ4v) is 4.19. The Morgan fingerprint density at radius 2 is 2.00 bits per heavy atom. The number of carbonyl (C=O) groups is 1. The predicted octanol–water partition coefficient (Wildman–Crippen LogP) is 4.94. The number of carbonyl (C=O) groups excluding carboxylic acids is 1. The molecule has 0 radical (unpaired) electrons. The average Bonchev–Trinajstić information content (AvgIpc) is 3.03. The Kier molecular flexibility index (Phi) is 6.13. The zero-order valence-electron chi connectivity index (χ0n) is 15.1. The van der Waals surface area contributed by atoms with Gasteiger partial charge in [0.1, 0.15) is 29.0 Å². The standard InChI is InChI=1S/C21H15BrN2O3S2/c22-15-4-6-18(14(10-15)11-19-20(25)24-21(28)29-19)27-9-8-26-16-5-3-13-2-1-7-23-17(13)12-16/h1-7,10-12H,8-9H2,(H,24,25,28). The molecule has 1 amide bonds. The molecular formula is C21H15BrN2O3S2. The monoisotopic (exact) mass is 486 g/mol. The number of hydrogen-bond donors (Lipinski definition) is 1. The number of thiocarbonyl (C=S) groups is 1. The van der Waals surface area contributed by atoms with Crippen LogP contribution in [-0.4, -0.2) is 28.4 Å². The second kappa shape index (κ2) is 8.94. The van der Waals surface area contributed by atoms with E-state index >= 15 is 0 Å². The molecule has 8 heteroatoms. The van der Waals surface area contributed by atoms with E-state index in [1.54, 1.807) is 12.3 Å². The second-order valence-corrected chi connectivity index (χ2v) is 8.72. The number of fused-ring (bicyclic) bond motifs is 1. The van der Waals surface area contributed by atoms with Crippen LogP contribution in [0.5, 0.6) is 11.5 Å². The third-order valence-corrected chi connectivity index (χ3v) is 5.74. The Labute approximate surface area is 185 Å². The molecule has 0 spiro atoms. The molecule has 4 rings (SSSR count). The van der Waals surface area contributed by atoms with Crippen LogP contribution in [0.3, 0.4) is 0 Å². The van der Waals surface area contributed by atoms with Crippen LogP contribution in [0.1, 0.15) is 5.56 Å². The molecule has 1 N–H and O–H groups in total. The summed E-state index contributed by atoms with van der Waals surface area (Å²) in [6.07, 6.45) is 3.53. The predicted molar refractivity (Wildman–Crippen MR) is 123 cm³/mol. The lowest BCUT2D eigenvalue weighted by Gasteiger charge is -2.11. The fourth-order valence-electron chi connectivity index (χ4n) is 2.77. The Morgan fingerprint density at radius 3 is 2.83 bits per heavy atom. The summed E-state index contributed by atoms with van der Waals surface area (Å²) in [7, 11) is 0. The van der Waals surface area contributed by atoms with E-state index in [4.69, 9.17) is 21.7 Å². The number of thioether (sulfide) groups is 1. The molecule has 3 aromatic rings. The van der Waals surface area contributed by atoms with Crippen LogP contribution in [0.25, 0.3) is 17.0 Å². The van der Waals surface area contributed by atoms with Gasteiger partial charge in [-0.3, -0.25) is 9.78 Å². The van der Waals surface area contributed by atoms with Crippen molar-refractivity contribution < 1.29 is 14.3 Å². The van der Waals surface area contributed by atoms with Crippen molar-refractivity contribution in [1.82, 2.24) is 10.3 Å². The van der Waals surface area contributed by atoms with Crippen molar-refractivity contribution in [3.63, 3.8) is 0 Å². The quantitative estimate of drug-likeness (QED) is 0.302. The van der Waals surface area contributed by atoms with E-state index in [0.717, 1.165) is 26.7 Å². The number of aromatic nitrogens is 1. The van der Waals surface area contributed by atoms with Gasteiger partial charge in [-0.1, -0.05) is 46.0 Å². The van der Waals surface area contributed by atoms with Crippen LogP contribution in [0, 0.1) is 0 Å². The van der Waals surface area contributed by atoms with Gasteiger partial charge in [0.2, 0.25) is 0 Å². The SMILES string of the molecule is O=C1NC(=S)SC1=Cc1cc(Br)ccc1OCCOc1ccc2cccnc2c1. The summed E-state index contributed by atoms with van der Waals surface area (Å²) in [5.41, 5.74) is 1.68. The number of ether oxygens (including phenoxy) is 2. The van der Waals surface area contributed by atoms with Crippen molar-refractivity contribution in [3.05, 3.63) is 69.7 Å². The Hall–Kier alpha value is -2.42. The Balaban J connectivity index is 1.41. The van der Waals surface area contributed by atoms with Crippen molar-refractivity contribution in [2.75, 3.05) is 13.2 Å². The topological polar surface area (TPSA) is 60.5 Å². The smallest absolute Gasteiger partial charge is 0.263 e. The average molecular weight is 487 g/mol. The molecule has 0 bridgehead atoms. The van der Waals surface area contributed by atoms with Crippen molar-refractivity contribution in [2.24, 2.45) is 0 Å². The van der Waals surface area contributed by atoms with Gasteiger partial charge in [0.15, 0.2) is 0 Å². The second-order valence-electron chi connectivity index (χ2n) is 6.09. The zero-order valence-corrected chi connectivity index (χ0v) is 18.3. The number of pyridine rings is 1. The van der Waals surface area contributed by atoms with E-state index in [0.29, 0.717) is 28.2 Å². The molecule has 1 aliphatic rings. The molecule has 29 heavy (non-hydrogen) atoms. The third-order valence-electron chi connectivity index (χ3n) is 4.09. The molecule has 0 aliphatic carbocycles. The number of nitrogens with zero attached hydrogens (tertiary/aromatic N) is 1. The molecule has 0 saturated carbocycles. The Morgan fingerprint density at radius 1 is 1.14 bits per heavy atom. The molecule has 2 heterocycles. The summed E-state index contributed by atoms with van der Waals surface area (Å²) in [5.74, 6) is 1.21. The molecule has 146 valence electrons. The van der Waals surface area contributed by atoms with Gasteiger partial charge in [-0.25, -0.2) is 0 Å². The largest absolute Gasteiger partial charge is 0.490 e. The van der Waals surface area contributed by atoms with Crippen LogP contribution >= 0.6 is 39.9 Å². The summed E-state index contributed by atoms with van der Waals surface area (Å²) in [5, 5.41) is 3.68. The minimum Gasteiger partial charge on any atom is -0.490 e. The summed E-state index contributed by atoms with van der Waals surface area (Å²) < 4.78 is 13.0. The number of rotatable bonds is 6. The summed E-state index contributed by atoms with van der Waals surface area (Å²) in [6.45, 7) is 0.736. The van der Waals surface area contributed by atoms with Gasteiger partial charge in [0, 0.05) is 27.7 Å². The van der Waals surface area contributed by atoms with E-state index in [9.17, 15) is 4.79 Å². The first-order valence-electron chi connectivity index (χ1n) is 8.73. The van der Waals surface area contributed by atoms with E-state index in [-0.39, 0.29) is 5.91 Å². The van der Waals surface area contributed by atoms with E-state index < -0.39 is 0 Å². The summed E-state index contributed by atoms with van der Waals surface area (Å²) in [4.78, 5) is 16.8. The maximum atomic E-state index is 11.9. The van der Waals surface area contributed by atoms with Crippen molar-refractivity contribution in [2.45, 2.75) is 0 Å². The van der Waals surface area contributed by atoms with Crippen molar-refractivity contribution in [1.29, 1.82) is 0 Å². The first-order valence-corrected chi connectivity index (χ1v) is 10.7. The van der Waals surface area contributed by atoms with Crippen LogP contribution in [0.15, 0.2) is 64.1 Å². The van der Waals surface area contributed by atoms with Gasteiger partial charge in [-0.2, -0.15) is 0 Å².